The fraction of sp³-hybridized carbons (Fsp3) is 0.0588. The summed E-state index contributed by atoms with van der Waals surface area (Å²) in [6, 6.07) is 7.59. The average molecular weight is 431 g/mol. The molecule has 0 saturated carbocycles. The number of anilines is 1. The molecule has 0 aliphatic rings. The first-order valence-electron chi connectivity index (χ1n) is 7.71. The highest BCUT2D eigenvalue weighted by Gasteiger charge is 2.38. The number of hydrogen-bond donors (Lipinski definition) is 1. The van der Waals surface area contributed by atoms with E-state index in [4.69, 9.17) is 0 Å². The Labute approximate surface area is 160 Å². The first-order valence-corrected chi connectivity index (χ1v) is 9.20. The van der Waals surface area contributed by atoms with Crippen LogP contribution in [0.1, 0.15) is 17.3 Å². The van der Waals surface area contributed by atoms with Crippen molar-refractivity contribution in [1.29, 1.82) is 0 Å². The standard InChI is InChI=1S/C17H10F5N3O3S/c18-11-5-6-14(13(19)9-11)25-29(26,27)12-3-1-2-10(8-12)4-7-15-23-16(28-24-15)17(20,21)22/h1-9,25H. The Balaban J connectivity index is 1.82. The van der Waals surface area contributed by atoms with Crippen LogP contribution in [0.15, 0.2) is 51.9 Å². The van der Waals surface area contributed by atoms with Gasteiger partial charge in [0.05, 0.1) is 10.6 Å². The number of hydrogen-bond acceptors (Lipinski definition) is 5. The zero-order valence-electron chi connectivity index (χ0n) is 14.1. The Bertz CT molecular complexity index is 1170. The topological polar surface area (TPSA) is 85.1 Å². The zero-order chi connectivity index (χ0) is 21.2. The number of sulfonamides is 1. The van der Waals surface area contributed by atoms with Crippen LogP contribution in [0.5, 0.6) is 0 Å². The Kier molecular flexibility index (Phi) is 5.38. The van der Waals surface area contributed by atoms with Gasteiger partial charge in [0.15, 0.2) is 5.82 Å². The molecule has 2 aromatic carbocycles. The second-order valence-corrected chi connectivity index (χ2v) is 7.27. The molecule has 0 atom stereocenters. The third kappa shape index (κ3) is 4.96. The first-order chi connectivity index (χ1) is 13.5. The second-order valence-electron chi connectivity index (χ2n) is 5.59. The van der Waals surface area contributed by atoms with Crippen LogP contribution in [0.3, 0.4) is 0 Å². The molecule has 0 fully saturated rings. The van der Waals surface area contributed by atoms with Crippen molar-refractivity contribution < 1.29 is 34.9 Å². The quantitative estimate of drug-likeness (QED) is 0.608. The second kappa shape index (κ2) is 7.62. The maximum Gasteiger partial charge on any atom is 0.471 e. The lowest BCUT2D eigenvalue weighted by Crippen LogP contribution is -2.14. The highest BCUT2D eigenvalue weighted by Crippen LogP contribution is 2.27. The van der Waals surface area contributed by atoms with Crippen molar-refractivity contribution in [2.45, 2.75) is 11.1 Å². The number of nitrogens with one attached hydrogen (secondary N) is 1. The molecule has 3 aromatic rings. The number of nitrogens with zero attached hydrogens (tertiary/aromatic N) is 2. The predicted molar refractivity (Wildman–Crippen MR) is 91.8 cm³/mol. The van der Waals surface area contributed by atoms with Crippen LogP contribution in [-0.2, 0) is 16.2 Å². The minimum atomic E-state index is -4.78. The SMILES string of the molecule is O=S(=O)(Nc1ccc(F)cc1F)c1cccc(C=Cc2noc(C(F)(F)F)n2)c1. The van der Waals surface area contributed by atoms with E-state index >= 15 is 0 Å². The van der Waals surface area contributed by atoms with Gasteiger partial charge in [-0.1, -0.05) is 23.4 Å². The van der Waals surface area contributed by atoms with Gasteiger partial charge in [-0.2, -0.15) is 18.2 Å². The number of alkyl halides is 3. The van der Waals surface area contributed by atoms with Crippen molar-refractivity contribution in [3.63, 3.8) is 0 Å². The van der Waals surface area contributed by atoms with E-state index in [-0.39, 0.29) is 16.3 Å². The molecule has 0 amide bonds. The van der Waals surface area contributed by atoms with Crippen molar-refractivity contribution in [3.8, 4) is 0 Å². The van der Waals surface area contributed by atoms with Gasteiger partial charge in [-0.05, 0) is 35.9 Å². The molecule has 6 nitrogen and oxygen atoms in total. The molecule has 0 bridgehead atoms. The molecule has 0 unspecified atom stereocenters. The molecule has 0 aliphatic heterocycles. The number of halogens is 5. The van der Waals surface area contributed by atoms with E-state index in [0.29, 0.717) is 6.07 Å². The van der Waals surface area contributed by atoms with Gasteiger partial charge in [0.2, 0.25) is 0 Å². The van der Waals surface area contributed by atoms with E-state index in [1.165, 1.54) is 30.3 Å². The van der Waals surface area contributed by atoms with Crippen LogP contribution >= 0.6 is 0 Å². The van der Waals surface area contributed by atoms with Crippen LogP contribution in [0.4, 0.5) is 27.6 Å². The Morgan fingerprint density at radius 2 is 1.79 bits per heavy atom. The largest absolute Gasteiger partial charge is 0.471 e. The summed E-state index contributed by atoms with van der Waals surface area (Å²) in [6.45, 7) is 0. The lowest BCUT2D eigenvalue weighted by molar-refractivity contribution is -0.159. The van der Waals surface area contributed by atoms with E-state index in [0.717, 1.165) is 18.2 Å². The maximum absolute atomic E-state index is 13.7. The molecule has 0 radical (unpaired) electrons. The molecule has 0 saturated heterocycles. The maximum atomic E-state index is 13.7. The lowest BCUT2D eigenvalue weighted by Gasteiger charge is -2.09. The molecule has 1 aromatic heterocycles. The Hall–Kier alpha value is -3.28. The minimum Gasteiger partial charge on any atom is -0.329 e. The molecule has 152 valence electrons. The van der Waals surface area contributed by atoms with Crippen LogP contribution < -0.4 is 4.72 Å². The van der Waals surface area contributed by atoms with Crippen LogP contribution in [0.2, 0.25) is 0 Å². The van der Waals surface area contributed by atoms with E-state index in [9.17, 15) is 30.4 Å². The fourth-order valence-electron chi connectivity index (χ4n) is 2.15. The molecular weight excluding hydrogens is 421 g/mol. The normalized spacial score (nSPS) is 12.4. The summed E-state index contributed by atoms with van der Waals surface area (Å²) in [5.74, 6) is -3.84. The van der Waals surface area contributed by atoms with Gasteiger partial charge < -0.3 is 4.52 Å². The van der Waals surface area contributed by atoms with Gasteiger partial charge >= 0.3 is 12.1 Å². The van der Waals surface area contributed by atoms with Crippen molar-refractivity contribution in [3.05, 3.63) is 71.4 Å². The smallest absolute Gasteiger partial charge is 0.329 e. The zero-order valence-corrected chi connectivity index (χ0v) is 14.9. The molecule has 3 rings (SSSR count). The number of aromatic nitrogens is 2. The highest BCUT2D eigenvalue weighted by atomic mass is 32.2. The third-order valence-corrected chi connectivity index (χ3v) is 4.82. The van der Waals surface area contributed by atoms with Gasteiger partial charge in [-0.3, -0.25) is 4.72 Å². The van der Waals surface area contributed by atoms with Crippen molar-refractivity contribution in [1.82, 2.24) is 10.1 Å². The predicted octanol–water partition coefficient (Wildman–Crippen LogP) is 4.34. The third-order valence-electron chi connectivity index (χ3n) is 3.45. The van der Waals surface area contributed by atoms with Gasteiger partial charge in [0.1, 0.15) is 11.6 Å². The molecule has 1 heterocycles. The summed E-state index contributed by atoms with van der Waals surface area (Å²) >= 11 is 0. The summed E-state index contributed by atoms with van der Waals surface area (Å²) in [5, 5.41) is 3.15. The summed E-state index contributed by atoms with van der Waals surface area (Å²) in [4.78, 5) is 2.89. The summed E-state index contributed by atoms with van der Waals surface area (Å²) < 4.78 is 94.8. The van der Waals surface area contributed by atoms with Crippen LogP contribution in [0.25, 0.3) is 12.2 Å². The van der Waals surface area contributed by atoms with E-state index in [1.54, 1.807) is 0 Å². The molecule has 12 heteroatoms. The summed E-state index contributed by atoms with van der Waals surface area (Å²) in [7, 11) is -4.21. The molecule has 0 spiro atoms. The summed E-state index contributed by atoms with van der Waals surface area (Å²) in [6.07, 6.45) is -2.42. The van der Waals surface area contributed by atoms with Crippen molar-refractivity contribution in [2.75, 3.05) is 4.72 Å². The van der Waals surface area contributed by atoms with Crippen molar-refractivity contribution >= 4 is 27.9 Å². The molecular formula is C17H10F5N3O3S. The minimum absolute atomic E-state index is 0.257. The molecule has 29 heavy (non-hydrogen) atoms. The van der Waals surface area contributed by atoms with Crippen molar-refractivity contribution in [2.24, 2.45) is 0 Å². The Morgan fingerprint density at radius 1 is 1.03 bits per heavy atom. The number of rotatable bonds is 5. The summed E-state index contributed by atoms with van der Waals surface area (Å²) in [5.41, 5.74) is -0.162. The van der Waals surface area contributed by atoms with Crippen LogP contribution in [0, 0.1) is 11.6 Å². The first kappa shape index (κ1) is 20.5. The monoisotopic (exact) mass is 431 g/mol. The fourth-order valence-corrected chi connectivity index (χ4v) is 3.27. The van der Waals surface area contributed by atoms with Crippen LogP contribution in [-0.4, -0.2) is 18.6 Å². The van der Waals surface area contributed by atoms with E-state index in [2.05, 4.69) is 14.7 Å². The average Bonchev–Trinajstić information content (AvgIpc) is 3.12. The molecule has 0 aliphatic carbocycles. The lowest BCUT2D eigenvalue weighted by atomic mass is 10.2. The Morgan fingerprint density at radius 3 is 2.45 bits per heavy atom. The van der Waals surface area contributed by atoms with E-state index < -0.39 is 39.4 Å². The van der Waals surface area contributed by atoms with E-state index in [1.807, 2.05) is 4.72 Å². The number of benzene rings is 2. The molecule has 1 N–H and O–H groups in total. The van der Waals surface area contributed by atoms with Gasteiger partial charge in [-0.15, -0.1) is 0 Å². The van der Waals surface area contributed by atoms with Gasteiger partial charge in [0, 0.05) is 6.07 Å². The van der Waals surface area contributed by atoms with Gasteiger partial charge in [0.25, 0.3) is 10.0 Å². The van der Waals surface area contributed by atoms with Gasteiger partial charge in [-0.25, -0.2) is 17.2 Å². The highest BCUT2D eigenvalue weighted by molar-refractivity contribution is 7.92.